The Morgan fingerprint density at radius 1 is 1.53 bits per heavy atom. The van der Waals surface area contributed by atoms with Gasteiger partial charge in [0, 0.05) is 18.1 Å². The van der Waals surface area contributed by atoms with Crippen LogP contribution in [0, 0.1) is 5.92 Å². The molecule has 2 rings (SSSR count). The number of carbonyl (C=O) groups is 1. The average molecular weight is 256 g/mol. The monoisotopic (exact) mass is 256 g/mol. The van der Waals surface area contributed by atoms with Crippen LogP contribution in [0.2, 0.25) is 0 Å². The first kappa shape index (κ1) is 12.0. The largest absolute Gasteiger partial charge is 0.481 e. The number of rotatable bonds is 2. The summed E-state index contributed by atoms with van der Waals surface area (Å²) < 4.78 is 22.5. The molecule has 1 aliphatic carbocycles. The summed E-state index contributed by atoms with van der Waals surface area (Å²) in [6.07, 6.45) is 3.82. The summed E-state index contributed by atoms with van der Waals surface area (Å²) in [6, 6.07) is 0. The van der Waals surface area contributed by atoms with Crippen molar-refractivity contribution in [3.63, 3.8) is 0 Å². The maximum atomic E-state index is 11.3. The molecule has 6 nitrogen and oxygen atoms in total. The minimum atomic E-state index is -3.40. The van der Waals surface area contributed by atoms with E-state index >= 15 is 0 Å². The minimum absolute atomic E-state index is 0.190. The lowest BCUT2D eigenvalue weighted by atomic mass is 9.87. The summed E-state index contributed by atoms with van der Waals surface area (Å²) in [4.78, 5) is 18.6. The summed E-state index contributed by atoms with van der Waals surface area (Å²) in [5.41, 5.74) is 1.38. The fraction of sp³-hybridized carbons (Fsp3) is 0.500. The zero-order valence-electron chi connectivity index (χ0n) is 9.25. The van der Waals surface area contributed by atoms with Gasteiger partial charge in [-0.05, 0) is 24.8 Å². The molecule has 92 valence electrons. The summed E-state index contributed by atoms with van der Waals surface area (Å²) in [5.74, 6) is -1.25. The number of aliphatic carboxylic acids is 1. The SMILES string of the molecule is CS(=O)(=O)c1ncc2c(n1)CCC(C(=O)O)C2. The van der Waals surface area contributed by atoms with E-state index in [1.165, 1.54) is 6.20 Å². The Bertz CT molecular complexity index is 568. The summed E-state index contributed by atoms with van der Waals surface area (Å²) in [7, 11) is -3.40. The number of aryl methyl sites for hydroxylation is 1. The highest BCUT2D eigenvalue weighted by atomic mass is 32.2. The van der Waals surface area contributed by atoms with E-state index in [0.717, 1.165) is 11.8 Å². The first-order valence-corrected chi connectivity index (χ1v) is 7.04. The van der Waals surface area contributed by atoms with Crippen LogP contribution < -0.4 is 0 Å². The van der Waals surface area contributed by atoms with Gasteiger partial charge in [-0.15, -0.1) is 0 Å². The van der Waals surface area contributed by atoms with Crippen LogP contribution >= 0.6 is 0 Å². The number of hydrogen-bond donors (Lipinski definition) is 1. The number of carboxylic acid groups (broad SMARTS) is 1. The molecular formula is C10H12N2O4S. The number of sulfone groups is 1. The van der Waals surface area contributed by atoms with Gasteiger partial charge >= 0.3 is 5.97 Å². The van der Waals surface area contributed by atoms with Gasteiger partial charge in [-0.25, -0.2) is 18.4 Å². The molecule has 0 saturated heterocycles. The quantitative estimate of drug-likeness (QED) is 0.752. The van der Waals surface area contributed by atoms with Gasteiger partial charge in [0.2, 0.25) is 15.0 Å². The van der Waals surface area contributed by atoms with Crippen molar-refractivity contribution in [2.75, 3.05) is 6.26 Å². The Kier molecular flexibility index (Phi) is 2.86. The van der Waals surface area contributed by atoms with Crippen molar-refractivity contribution in [1.29, 1.82) is 0 Å². The van der Waals surface area contributed by atoms with E-state index in [9.17, 15) is 13.2 Å². The van der Waals surface area contributed by atoms with Crippen molar-refractivity contribution in [3.05, 3.63) is 17.5 Å². The van der Waals surface area contributed by atoms with Crippen LogP contribution in [-0.4, -0.2) is 35.7 Å². The Morgan fingerprint density at radius 3 is 2.82 bits per heavy atom. The zero-order valence-corrected chi connectivity index (χ0v) is 10.1. The Morgan fingerprint density at radius 2 is 2.24 bits per heavy atom. The van der Waals surface area contributed by atoms with Gasteiger partial charge in [0.25, 0.3) is 0 Å². The lowest BCUT2D eigenvalue weighted by Gasteiger charge is -2.20. The van der Waals surface area contributed by atoms with E-state index < -0.39 is 21.7 Å². The second-order valence-corrected chi connectivity index (χ2v) is 6.08. The number of aromatic nitrogens is 2. The maximum Gasteiger partial charge on any atom is 0.306 e. The Balaban J connectivity index is 2.35. The van der Waals surface area contributed by atoms with Crippen LogP contribution in [0.25, 0.3) is 0 Å². The van der Waals surface area contributed by atoms with Crippen LogP contribution in [0.1, 0.15) is 17.7 Å². The lowest BCUT2D eigenvalue weighted by Crippen LogP contribution is -2.24. The number of fused-ring (bicyclic) bond motifs is 1. The highest BCUT2D eigenvalue weighted by Gasteiger charge is 2.26. The number of carboxylic acids is 1. The van der Waals surface area contributed by atoms with Crippen LogP contribution in [0.4, 0.5) is 0 Å². The highest BCUT2D eigenvalue weighted by molar-refractivity contribution is 7.90. The lowest BCUT2D eigenvalue weighted by molar-refractivity contribution is -0.142. The van der Waals surface area contributed by atoms with Gasteiger partial charge in [-0.1, -0.05) is 0 Å². The fourth-order valence-electron chi connectivity index (χ4n) is 1.88. The first-order chi connectivity index (χ1) is 7.88. The van der Waals surface area contributed by atoms with E-state index in [2.05, 4.69) is 9.97 Å². The van der Waals surface area contributed by atoms with Crippen LogP contribution in [0.3, 0.4) is 0 Å². The summed E-state index contributed by atoms with van der Waals surface area (Å²) in [6.45, 7) is 0. The van der Waals surface area contributed by atoms with Crippen molar-refractivity contribution >= 4 is 15.8 Å². The molecule has 1 heterocycles. The molecular weight excluding hydrogens is 244 g/mol. The van der Waals surface area contributed by atoms with Gasteiger partial charge in [0.05, 0.1) is 5.92 Å². The molecule has 0 aromatic carbocycles. The third kappa shape index (κ3) is 2.44. The van der Waals surface area contributed by atoms with Gasteiger partial charge in [0.15, 0.2) is 0 Å². The van der Waals surface area contributed by atoms with Crippen LogP contribution in [-0.2, 0) is 27.5 Å². The molecule has 1 aromatic rings. The van der Waals surface area contributed by atoms with E-state index in [-0.39, 0.29) is 5.16 Å². The first-order valence-electron chi connectivity index (χ1n) is 5.15. The van der Waals surface area contributed by atoms with E-state index in [1.54, 1.807) is 0 Å². The van der Waals surface area contributed by atoms with Gasteiger partial charge < -0.3 is 5.11 Å². The predicted molar refractivity (Wildman–Crippen MR) is 58.3 cm³/mol. The van der Waals surface area contributed by atoms with Crippen molar-refractivity contribution in [2.45, 2.75) is 24.4 Å². The van der Waals surface area contributed by atoms with Crippen molar-refractivity contribution in [2.24, 2.45) is 5.92 Å². The highest BCUT2D eigenvalue weighted by Crippen LogP contribution is 2.24. The van der Waals surface area contributed by atoms with E-state index in [4.69, 9.17) is 5.11 Å². The Labute approximate surface area is 98.6 Å². The average Bonchev–Trinajstić information content (AvgIpc) is 2.26. The van der Waals surface area contributed by atoms with Gasteiger partial charge in [0.1, 0.15) is 0 Å². The summed E-state index contributed by atoms with van der Waals surface area (Å²) in [5, 5.41) is 8.72. The molecule has 0 aliphatic heterocycles. The molecule has 1 aromatic heterocycles. The third-order valence-corrected chi connectivity index (χ3v) is 3.67. The van der Waals surface area contributed by atoms with E-state index in [0.29, 0.717) is 25.0 Å². The minimum Gasteiger partial charge on any atom is -0.481 e. The zero-order chi connectivity index (χ0) is 12.6. The molecule has 1 atom stereocenters. The van der Waals surface area contributed by atoms with Crippen LogP contribution in [0.15, 0.2) is 11.4 Å². The standard InChI is InChI=1S/C10H12N2O4S/c1-17(15,16)10-11-5-7-4-6(9(13)14)2-3-8(7)12-10/h5-6H,2-4H2,1H3,(H,13,14). The van der Waals surface area contributed by atoms with Crippen molar-refractivity contribution < 1.29 is 18.3 Å². The normalized spacial score (nSPS) is 19.7. The molecule has 1 N–H and O–H groups in total. The third-order valence-electron chi connectivity index (χ3n) is 2.81. The number of nitrogens with zero attached hydrogens (tertiary/aromatic N) is 2. The second-order valence-electron chi connectivity index (χ2n) is 4.17. The maximum absolute atomic E-state index is 11.3. The predicted octanol–water partition coefficient (Wildman–Crippen LogP) is 0.0696. The molecule has 1 aliphatic rings. The molecule has 0 radical (unpaired) electrons. The molecule has 0 saturated carbocycles. The molecule has 7 heteroatoms. The number of hydrogen-bond acceptors (Lipinski definition) is 5. The van der Waals surface area contributed by atoms with Gasteiger partial charge in [-0.3, -0.25) is 4.79 Å². The topological polar surface area (TPSA) is 97.2 Å². The fourth-order valence-corrected chi connectivity index (χ4v) is 2.40. The second kappa shape index (κ2) is 4.06. The molecule has 0 bridgehead atoms. The van der Waals surface area contributed by atoms with Gasteiger partial charge in [-0.2, -0.15) is 0 Å². The molecule has 0 spiro atoms. The smallest absolute Gasteiger partial charge is 0.306 e. The molecule has 0 fully saturated rings. The molecule has 17 heavy (non-hydrogen) atoms. The van der Waals surface area contributed by atoms with Crippen molar-refractivity contribution in [3.8, 4) is 0 Å². The van der Waals surface area contributed by atoms with Crippen LogP contribution in [0.5, 0.6) is 0 Å². The molecule has 0 amide bonds. The molecule has 1 unspecified atom stereocenters. The van der Waals surface area contributed by atoms with Crippen molar-refractivity contribution in [1.82, 2.24) is 9.97 Å². The Hall–Kier alpha value is -1.50. The summed E-state index contributed by atoms with van der Waals surface area (Å²) >= 11 is 0. The van der Waals surface area contributed by atoms with E-state index in [1.807, 2.05) is 0 Å².